The highest BCUT2D eigenvalue weighted by molar-refractivity contribution is 5.26. The van der Waals surface area contributed by atoms with Gasteiger partial charge in [-0.15, -0.1) is 0 Å². The molecular formula is C28H34O3. The van der Waals surface area contributed by atoms with Crippen molar-refractivity contribution in [3.8, 4) is 17.2 Å². The van der Waals surface area contributed by atoms with Gasteiger partial charge in [0.1, 0.15) is 17.2 Å². The molecule has 0 saturated heterocycles. The lowest BCUT2D eigenvalue weighted by atomic mass is 9.99. The summed E-state index contributed by atoms with van der Waals surface area (Å²) in [4.78, 5) is 0. The van der Waals surface area contributed by atoms with Gasteiger partial charge in [0.2, 0.25) is 0 Å². The van der Waals surface area contributed by atoms with Gasteiger partial charge in [0.05, 0.1) is 5.92 Å². The zero-order valence-electron chi connectivity index (χ0n) is 18.7. The summed E-state index contributed by atoms with van der Waals surface area (Å²) < 4.78 is 19.5. The quantitative estimate of drug-likeness (QED) is 0.209. The largest absolute Gasteiger partial charge is 0.420 e. The molecule has 1 atom stereocenters. The van der Waals surface area contributed by atoms with Crippen molar-refractivity contribution in [2.24, 2.45) is 5.92 Å². The number of unbranched alkanes of at least 4 members (excludes halogenated alkanes) is 4. The van der Waals surface area contributed by atoms with Gasteiger partial charge in [-0.25, -0.2) is 0 Å². The summed E-state index contributed by atoms with van der Waals surface area (Å²) >= 11 is 0. The van der Waals surface area contributed by atoms with E-state index in [1.54, 1.807) is 0 Å². The molecule has 0 aliphatic rings. The van der Waals surface area contributed by atoms with Gasteiger partial charge in [0.25, 0.3) is 0 Å². The molecule has 0 heterocycles. The molecule has 3 nitrogen and oxygen atoms in total. The van der Waals surface area contributed by atoms with Gasteiger partial charge in [-0.3, -0.25) is 0 Å². The molecule has 0 aliphatic carbocycles. The number of benzene rings is 3. The van der Waals surface area contributed by atoms with Gasteiger partial charge in [-0.1, -0.05) is 101 Å². The lowest BCUT2D eigenvalue weighted by molar-refractivity contribution is -0.283. The molecule has 31 heavy (non-hydrogen) atoms. The van der Waals surface area contributed by atoms with Crippen LogP contribution in [0.5, 0.6) is 17.2 Å². The number of para-hydroxylation sites is 3. The van der Waals surface area contributed by atoms with E-state index in [0.29, 0.717) is 17.2 Å². The van der Waals surface area contributed by atoms with Crippen molar-refractivity contribution in [1.29, 1.82) is 0 Å². The lowest BCUT2D eigenvalue weighted by Gasteiger charge is -2.38. The molecule has 0 aromatic heterocycles. The van der Waals surface area contributed by atoms with Crippen molar-refractivity contribution >= 4 is 0 Å². The molecular weight excluding hydrogens is 384 g/mol. The average Bonchev–Trinajstić information content (AvgIpc) is 2.81. The molecule has 3 aromatic carbocycles. The Labute approximate surface area is 187 Å². The summed E-state index contributed by atoms with van der Waals surface area (Å²) in [5.41, 5.74) is 0. The molecule has 0 amide bonds. The van der Waals surface area contributed by atoms with Crippen LogP contribution >= 0.6 is 0 Å². The van der Waals surface area contributed by atoms with E-state index in [9.17, 15) is 0 Å². The fraction of sp³-hybridized carbons (Fsp3) is 0.357. The highest BCUT2D eigenvalue weighted by Crippen LogP contribution is 2.34. The topological polar surface area (TPSA) is 27.7 Å². The van der Waals surface area contributed by atoms with Gasteiger partial charge in [0, 0.05) is 0 Å². The molecule has 3 heteroatoms. The second-order valence-electron chi connectivity index (χ2n) is 7.95. The summed E-state index contributed by atoms with van der Waals surface area (Å²) in [6.45, 7) is 4.39. The van der Waals surface area contributed by atoms with Crippen LogP contribution in [0.4, 0.5) is 0 Å². The molecule has 0 radical (unpaired) electrons. The third kappa shape index (κ3) is 7.06. The highest BCUT2D eigenvalue weighted by Gasteiger charge is 2.45. The SMILES string of the molecule is CCCCCCCC(C)C(Oc1ccccc1)(Oc1ccccc1)Oc1ccccc1. The summed E-state index contributed by atoms with van der Waals surface area (Å²) in [7, 11) is 0. The van der Waals surface area contributed by atoms with Crippen molar-refractivity contribution in [2.75, 3.05) is 0 Å². The monoisotopic (exact) mass is 418 g/mol. The third-order valence-corrected chi connectivity index (χ3v) is 5.35. The molecule has 3 rings (SSSR count). The van der Waals surface area contributed by atoms with Gasteiger partial charge in [-0.05, 0) is 42.8 Å². The van der Waals surface area contributed by atoms with Crippen LogP contribution in [0.3, 0.4) is 0 Å². The molecule has 3 aromatic rings. The van der Waals surface area contributed by atoms with Crippen LogP contribution in [0.2, 0.25) is 0 Å². The van der Waals surface area contributed by atoms with E-state index in [1.807, 2.05) is 91.0 Å². The van der Waals surface area contributed by atoms with Crippen molar-refractivity contribution in [1.82, 2.24) is 0 Å². The Morgan fingerprint density at radius 3 is 1.35 bits per heavy atom. The Kier molecular flexibility index (Phi) is 8.84. The van der Waals surface area contributed by atoms with Crippen molar-refractivity contribution in [3.05, 3.63) is 91.0 Å². The van der Waals surface area contributed by atoms with E-state index < -0.39 is 5.97 Å². The predicted molar refractivity (Wildman–Crippen MR) is 126 cm³/mol. The van der Waals surface area contributed by atoms with Crippen LogP contribution in [-0.4, -0.2) is 5.97 Å². The first-order valence-electron chi connectivity index (χ1n) is 11.4. The number of hydrogen-bond donors (Lipinski definition) is 0. The van der Waals surface area contributed by atoms with E-state index in [-0.39, 0.29) is 5.92 Å². The van der Waals surface area contributed by atoms with Gasteiger partial charge in [-0.2, -0.15) is 0 Å². The minimum absolute atomic E-state index is 0.00487. The van der Waals surface area contributed by atoms with E-state index in [0.717, 1.165) is 12.8 Å². The lowest BCUT2D eigenvalue weighted by Crippen LogP contribution is -2.53. The molecule has 0 aliphatic heterocycles. The Morgan fingerprint density at radius 1 is 0.581 bits per heavy atom. The van der Waals surface area contributed by atoms with Crippen LogP contribution in [0.15, 0.2) is 91.0 Å². The normalized spacial score (nSPS) is 12.2. The number of ether oxygens (including phenoxy) is 3. The summed E-state index contributed by atoms with van der Waals surface area (Å²) in [6.07, 6.45) is 7.03. The molecule has 164 valence electrons. The Bertz CT molecular complexity index is 748. The first-order valence-corrected chi connectivity index (χ1v) is 11.4. The number of rotatable bonds is 13. The van der Waals surface area contributed by atoms with Crippen LogP contribution < -0.4 is 14.2 Å². The molecule has 1 unspecified atom stereocenters. The fourth-order valence-corrected chi connectivity index (χ4v) is 3.55. The highest BCUT2D eigenvalue weighted by atomic mass is 16.9. The molecule has 0 spiro atoms. The average molecular weight is 419 g/mol. The second-order valence-corrected chi connectivity index (χ2v) is 7.95. The van der Waals surface area contributed by atoms with Gasteiger partial charge < -0.3 is 14.2 Å². The van der Waals surface area contributed by atoms with Gasteiger partial charge >= 0.3 is 5.97 Å². The maximum absolute atomic E-state index is 6.51. The van der Waals surface area contributed by atoms with Gasteiger partial charge in [0.15, 0.2) is 0 Å². The molecule has 0 saturated carbocycles. The molecule has 0 N–H and O–H groups in total. The summed E-state index contributed by atoms with van der Waals surface area (Å²) in [6, 6.07) is 29.3. The smallest absolute Gasteiger partial charge is 0.419 e. The molecule has 0 bridgehead atoms. The van der Waals surface area contributed by atoms with Crippen molar-refractivity contribution in [3.63, 3.8) is 0 Å². The standard InChI is InChI=1S/C28H34O3/c1-3-4-5-6-10-17-24(2)28(29-25-18-11-7-12-19-25,30-26-20-13-8-14-21-26)31-27-22-15-9-16-23-27/h7-9,11-16,18-24H,3-6,10,17H2,1-2H3. The van der Waals surface area contributed by atoms with Crippen molar-refractivity contribution < 1.29 is 14.2 Å². The minimum atomic E-state index is -1.28. The maximum Gasteiger partial charge on any atom is 0.419 e. The number of hydrogen-bond acceptors (Lipinski definition) is 3. The van der Waals surface area contributed by atoms with E-state index in [2.05, 4.69) is 13.8 Å². The molecule has 0 fully saturated rings. The Balaban J connectivity index is 1.90. The van der Waals surface area contributed by atoms with Crippen molar-refractivity contribution in [2.45, 2.75) is 58.3 Å². The zero-order valence-corrected chi connectivity index (χ0v) is 18.7. The summed E-state index contributed by atoms with van der Waals surface area (Å²) in [5, 5.41) is 0. The Hall–Kier alpha value is -2.94. The predicted octanol–water partition coefficient (Wildman–Crippen LogP) is 7.87. The van der Waals surface area contributed by atoms with E-state index in [4.69, 9.17) is 14.2 Å². The van der Waals surface area contributed by atoms with E-state index in [1.165, 1.54) is 25.7 Å². The fourth-order valence-electron chi connectivity index (χ4n) is 3.55. The van der Waals surface area contributed by atoms with E-state index >= 15 is 0 Å². The second kappa shape index (κ2) is 12.0. The zero-order chi connectivity index (χ0) is 21.8. The van der Waals surface area contributed by atoms with Crippen LogP contribution in [0.25, 0.3) is 0 Å². The summed E-state index contributed by atoms with van der Waals surface area (Å²) in [5.74, 6) is 0.857. The first-order chi connectivity index (χ1) is 15.2. The first kappa shape index (κ1) is 22.7. The van der Waals surface area contributed by atoms with Crippen LogP contribution in [0, 0.1) is 5.92 Å². The Morgan fingerprint density at radius 2 is 0.968 bits per heavy atom. The van der Waals surface area contributed by atoms with Crippen LogP contribution in [0.1, 0.15) is 52.4 Å². The third-order valence-electron chi connectivity index (χ3n) is 5.35. The maximum atomic E-state index is 6.51. The van der Waals surface area contributed by atoms with Crippen LogP contribution in [-0.2, 0) is 0 Å². The minimum Gasteiger partial charge on any atom is -0.420 e.